The molecule has 2 nitrogen and oxygen atoms in total. The van der Waals surface area contributed by atoms with Crippen LogP contribution in [0, 0.1) is 0 Å². The fourth-order valence-corrected chi connectivity index (χ4v) is 6.77. The zero-order valence-electron chi connectivity index (χ0n) is 23.9. The Bertz CT molecular complexity index is 2490. The highest BCUT2D eigenvalue weighted by Crippen LogP contribution is 2.46. The molecule has 0 aliphatic carbocycles. The molecule has 0 unspecified atom stereocenters. The van der Waals surface area contributed by atoms with E-state index in [1.807, 2.05) is 0 Å². The number of fused-ring (bicyclic) bond motifs is 8. The lowest BCUT2D eigenvalue weighted by Gasteiger charge is -2.27. The largest absolute Gasteiger partial charge is 0.455 e. The summed E-state index contributed by atoms with van der Waals surface area (Å²) in [5.41, 5.74) is 7.42. The van der Waals surface area contributed by atoms with Crippen molar-refractivity contribution in [2.24, 2.45) is 0 Å². The van der Waals surface area contributed by atoms with E-state index in [0.29, 0.717) is 0 Å². The van der Waals surface area contributed by atoms with Gasteiger partial charge in [-0.15, -0.1) is 0 Å². The summed E-state index contributed by atoms with van der Waals surface area (Å²) in [4.78, 5) is 2.39. The molecule has 1 aromatic heterocycles. The molecule has 0 atom stereocenters. The van der Waals surface area contributed by atoms with Crippen LogP contribution in [0.1, 0.15) is 0 Å². The molecule has 0 N–H and O–H groups in total. The fraction of sp³-hybridized carbons (Fsp3) is 0. The number of para-hydroxylation sites is 2. The van der Waals surface area contributed by atoms with Gasteiger partial charge in [0.05, 0.1) is 5.69 Å². The van der Waals surface area contributed by atoms with E-state index >= 15 is 0 Å². The Hall–Kier alpha value is -5.86. The van der Waals surface area contributed by atoms with Crippen LogP contribution in [-0.2, 0) is 0 Å². The van der Waals surface area contributed by atoms with Gasteiger partial charge in [0, 0.05) is 38.5 Å². The molecule has 0 aliphatic rings. The standard InChI is InChI=1S/C42H27NO/c1-3-12-28(13-4-1)35-20-11-21-38-39-27-40(36-18-9-10-19-37(36)42(39)44-41(35)38)43(31-15-5-2-6-16-31)32-24-25-34-30(26-32)23-22-29-14-7-8-17-33(29)34/h1-27H. The zero-order chi connectivity index (χ0) is 29.0. The third kappa shape index (κ3) is 3.82. The predicted molar refractivity (Wildman–Crippen MR) is 186 cm³/mol. The van der Waals surface area contributed by atoms with E-state index in [9.17, 15) is 0 Å². The monoisotopic (exact) mass is 561 g/mol. The molecule has 9 aromatic rings. The van der Waals surface area contributed by atoms with Crippen LogP contribution in [0.15, 0.2) is 168 Å². The van der Waals surface area contributed by atoms with Gasteiger partial charge < -0.3 is 9.32 Å². The van der Waals surface area contributed by atoms with Gasteiger partial charge in [0.1, 0.15) is 11.2 Å². The molecule has 9 rings (SSSR count). The Balaban J connectivity index is 1.34. The average Bonchev–Trinajstić information content (AvgIpc) is 3.48. The summed E-state index contributed by atoms with van der Waals surface area (Å²) < 4.78 is 6.78. The second-order valence-electron chi connectivity index (χ2n) is 11.3. The summed E-state index contributed by atoms with van der Waals surface area (Å²) in [5.74, 6) is 0. The van der Waals surface area contributed by atoms with Crippen LogP contribution in [0.5, 0.6) is 0 Å². The number of hydrogen-bond acceptors (Lipinski definition) is 2. The van der Waals surface area contributed by atoms with Gasteiger partial charge in [0.15, 0.2) is 0 Å². The predicted octanol–water partition coefficient (Wildman–Crippen LogP) is 12.2. The third-order valence-corrected chi connectivity index (χ3v) is 8.81. The van der Waals surface area contributed by atoms with E-state index in [1.54, 1.807) is 0 Å². The van der Waals surface area contributed by atoms with Crippen LogP contribution < -0.4 is 4.90 Å². The van der Waals surface area contributed by atoms with Crippen molar-refractivity contribution in [3.8, 4) is 11.1 Å². The first kappa shape index (κ1) is 24.7. The first-order valence-electron chi connectivity index (χ1n) is 15.0. The summed E-state index contributed by atoms with van der Waals surface area (Å²) >= 11 is 0. The molecule has 0 spiro atoms. The van der Waals surface area contributed by atoms with Crippen molar-refractivity contribution in [2.45, 2.75) is 0 Å². The third-order valence-electron chi connectivity index (χ3n) is 8.81. The quantitative estimate of drug-likeness (QED) is 0.199. The smallest absolute Gasteiger partial charge is 0.143 e. The van der Waals surface area contributed by atoms with E-state index in [-0.39, 0.29) is 0 Å². The second-order valence-corrected chi connectivity index (χ2v) is 11.3. The van der Waals surface area contributed by atoms with Crippen molar-refractivity contribution < 1.29 is 4.42 Å². The normalized spacial score (nSPS) is 11.6. The van der Waals surface area contributed by atoms with Crippen molar-refractivity contribution in [3.63, 3.8) is 0 Å². The molecule has 0 radical (unpaired) electrons. The van der Waals surface area contributed by atoms with E-state index in [0.717, 1.165) is 60.9 Å². The van der Waals surface area contributed by atoms with Gasteiger partial charge in [-0.05, 0) is 57.4 Å². The van der Waals surface area contributed by atoms with Crippen molar-refractivity contribution in [1.82, 2.24) is 0 Å². The molecule has 0 aliphatic heterocycles. The van der Waals surface area contributed by atoms with E-state index in [4.69, 9.17) is 4.42 Å². The number of nitrogens with zero attached hydrogens (tertiary/aromatic N) is 1. The second kappa shape index (κ2) is 9.86. The molecule has 44 heavy (non-hydrogen) atoms. The Morgan fingerprint density at radius 2 is 1.00 bits per heavy atom. The molecule has 0 fully saturated rings. The maximum atomic E-state index is 6.78. The number of benzene rings is 8. The minimum atomic E-state index is 0.917. The van der Waals surface area contributed by atoms with Crippen molar-refractivity contribution in [1.29, 1.82) is 0 Å². The number of hydrogen-bond donors (Lipinski definition) is 0. The maximum Gasteiger partial charge on any atom is 0.143 e. The van der Waals surface area contributed by atoms with E-state index in [1.165, 1.54) is 21.5 Å². The van der Waals surface area contributed by atoms with Gasteiger partial charge in [-0.3, -0.25) is 0 Å². The Morgan fingerprint density at radius 1 is 0.364 bits per heavy atom. The molecule has 8 aromatic carbocycles. The summed E-state index contributed by atoms with van der Waals surface area (Å²) in [6, 6.07) is 58.4. The van der Waals surface area contributed by atoms with Crippen molar-refractivity contribution >= 4 is 71.3 Å². The number of rotatable bonds is 4. The van der Waals surface area contributed by atoms with Crippen molar-refractivity contribution in [3.05, 3.63) is 164 Å². The fourth-order valence-electron chi connectivity index (χ4n) is 6.77. The molecule has 0 amide bonds. The van der Waals surface area contributed by atoms with Gasteiger partial charge >= 0.3 is 0 Å². The van der Waals surface area contributed by atoms with Crippen LogP contribution in [0.3, 0.4) is 0 Å². The summed E-state index contributed by atoms with van der Waals surface area (Å²) in [7, 11) is 0. The maximum absolute atomic E-state index is 6.78. The molecular formula is C42H27NO. The minimum absolute atomic E-state index is 0.917. The summed E-state index contributed by atoms with van der Waals surface area (Å²) in [5, 5.41) is 9.47. The van der Waals surface area contributed by atoms with Crippen molar-refractivity contribution in [2.75, 3.05) is 4.90 Å². The zero-order valence-corrected chi connectivity index (χ0v) is 23.9. The highest BCUT2D eigenvalue weighted by Gasteiger charge is 2.21. The van der Waals surface area contributed by atoms with Crippen LogP contribution in [-0.4, -0.2) is 0 Å². The molecule has 206 valence electrons. The van der Waals surface area contributed by atoms with E-state index in [2.05, 4.69) is 169 Å². The van der Waals surface area contributed by atoms with Crippen LogP contribution >= 0.6 is 0 Å². The molecule has 0 saturated carbocycles. The highest BCUT2D eigenvalue weighted by atomic mass is 16.3. The molecule has 2 heteroatoms. The first-order chi connectivity index (χ1) is 21.8. The lowest BCUT2D eigenvalue weighted by molar-refractivity contribution is 0.674. The molecule has 1 heterocycles. The molecule has 0 saturated heterocycles. The Kier molecular flexibility index (Phi) is 5.54. The first-order valence-corrected chi connectivity index (χ1v) is 15.0. The van der Waals surface area contributed by atoms with Crippen LogP contribution in [0.4, 0.5) is 17.1 Å². The Morgan fingerprint density at radius 3 is 1.84 bits per heavy atom. The van der Waals surface area contributed by atoms with Gasteiger partial charge in [-0.25, -0.2) is 0 Å². The van der Waals surface area contributed by atoms with Gasteiger partial charge in [-0.2, -0.15) is 0 Å². The minimum Gasteiger partial charge on any atom is -0.455 e. The average molecular weight is 562 g/mol. The summed E-state index contributed by atoms with van der Waals surface area (Å²) in [6.45, 7) is 0. The molecular weight excluding hydrogens is 534 g/mol. The molecule has 0 bridgehead atoms. The highest BCUT2D eigenvalue weighted by molar-refractivity contribution is 6.21. The lowest BCUT2D eigenvalue weighted by Crippen LogP contribution is -2.10. The van der Waals surface area contributed by atoms with Gasteiger partial charge in [0.25, 0.3) is 0 Å². The van der Waals surface area contributed by atoms with E-state index < -0.39 is 0 Å². The number of furan rings is 1. The van der Waals surface area contributed by atoms with Crippen LogP contribution in [0.25, 0.3) is 65.4 Å². The Labute approximate surface area is 255 Å². The topological polar surface area (TPSA) is 16.4 Å². The SMILES string of the molecule is c1ccc(-c2cccc3c2oc2c4ccccc4c(N(c4ccccc4)c4ccc5c(ccc6ccccc65)c4)cc32)cc1. The lowest BCUT2D eigenvalue weighted by atomic mass is 9.99. The van der Waals surface area contributed by atoms with Gasteiger partial charge in [0.2, 0.25) is 0 Å². The van der Waals surface area contributed by atoms with Gasteiger partial charge in [-0.1, -0.05) is 133 Å². The summed E-state index contributed by atoms with van der Waals surface area (Å²) in [6.07, 6.45) is 0. The number of anilines is 3. The van der Waals surface area contributed by atoms with Crippen LogP contribution in [0.2, 0.25) is 0 Å².